The second-order valence-electron chi connectivity index (χ2n) is 6.11. The van der Waals surface area contributed by atoms with E-state index < -0.39 is 8.80 Å². The SMILES string of the molecule is CCC(C)CCCOCOCCSC.CCC(C)[Si](OC)(OC)OC. The van der Waals surface area contributed by atoms with Crippen LogP contribution in [-0.4, -0.2) is 62.1 Å². The van der Waals surface area contributed by atoms with Crippen LogP contribution < -0.4 is 0 Å². The molecule has 0 aromatic heterocycles. The predicted molar refractivity (Wildman–Crippen MR) is 110 cm³/mol. The largest absolute Gasteiger partial charge is 0.503 e. The van der Waals surface area contributed by atoms with Gasteiger partial charge in [-0.25, -0.2) is 0 Å². The molecule has 0 aliphatic rings. The van der Waals surface area contributed by atoms with Crippen LogP contribution in [0.5, 0.6) is 0 Å². The van der Waals surface area contributed by atoms with E-state index in [4.69, 9.17) is 22.8 Å². The molecular weight excluding hydrogens is 356 g/mol. The van der Waals surface area contributed by atoms with Crippen molar-refractivity contribution in [1.82, 2.24) is 0 Å². The molecule has 0 aromatic carbocycles. The molecule has 0 aliphatic carbocycles. The fraction of sp³-hybridized carbons (Fsp3) is 1.00. The maximum absolute atomic E-state index is 5.34. The van der Waals surface area contributed by atoms with Crippen LogP contribution in [0.15, 0.2) is 0 Å². The van der Waals surface area contributed by atoms with Gasteiger partial charge in [-0.15, -0.1) is 0 Å². The molecule has 0 N–H and O–H groups in total. The minimum absolute atomic E-state index is 0.363. The molecule has 0 bridgehead atoms. The molecule has 0 saturated heterocycles. The van der Waals surface area contributed by atoms with Crippen molar-refractivity contribution >= 4 is 20.6 Å². The molecule has 7 heteroatoms. The maximum Gasteiger partial charge on any atom is 0.503 e. The van der Waals surface area contributed by atoms with E-state index >= 15 is 0 Å². The van der Waals surface area contributed by atoms with Crippen molar-refractivity contribution in [2.24, 2.45) is 5.92 Å². The van der Waals surface area contributed by atoms with Crippen molar-refractivity contribution in [3.63, 3.8) is 0 Å². The van der Waals surface area contributed by atoms with E-state index in [0.29, 0.717) is 12.3 Å². The molecule has 154 valence electrons. The Balaban J connectivity index is 0. The van der Waals surface area contributed by atoms with Gasteiger partial charge in [0.25, 0.3) is 0 Å². The van der Waals surface area contributed by atoms with Crippen LogP contribution in [0.1, 0.15) is 53.4 Å². The second-order valence-corrected chi connectivity index (χ2v) is 10.5. The molecule has 2 atom stereocenters. The Labute approximate surface area is 161 Å². The van der Waals surface area contributed by atoms with Crippen LogP contribution in [-0.2, 0) is 22.8 Å². The third kappa shape index (κ3) is 14.1. The van der Waals surface area contributed by atoms with Crippen molar-refractivity contribution in [1.29, 1.82) is 0 Å². The van der Waals surface area contributed by atoms with Crippen LogP contribution >= 0.6 is 11.8 Å². The summed E-state index contributed by atoms with van der Waals surface area (Å²) in [5, 5.41) is 0. The zero-order valence-electron chi connectivity index (χ0n) is 17.8. The first-order valence-electron chi connectivity index (χ1n) is 9.27. The van der Waals surface area contributed by atoms with Gasteiger partial charge in [0.1, 0.15) is 6.79 Å². The minimum Gasteiger partial charge on any atom is -0.377 e. The van der Waals surface area contributed by atoms with E-state index in [-0.39, 0.29) is 0 Å². The summed E-state index contributed by atoms with van der Waals surface area (Å²) >= 11 is 1.80. The van der Waals surface area contributed by atoms with Crippen molar-refractivity contribution in [2.45, 2.75) is 58.9 Å². The average Bonchev–Trinajstić information content (AvgIpc) is 2.65. The lowest BCUT2D eigenvalue weighted by Crippen LogP contribution is -2.46. The lowest BCUT2D eigenvalue weighted by Gasteiger charge is -2.29. The normalized spacial score (nSPS) is 13.9. The van der Waals surface area contributed by atoms with Gasteiger partial charge in [-0.1, -0.05) is 34.1 Å². The number of hydrogen-bond donors (Lipinski definition) is 0. The van der Waals surface area contributed by atoms with Gasteiger partial charge in [0.2, 0.25) is 0 Å². The van der Waals surface area contributed by atoms with Gasteiger partial charge in [-0.05, 0) is 31.4 Å². The average molecular weight is 399 g/mol. The Bertz CT molecular complexity index is 260. The van der Waals surface area contributed by atoms with Crippen LogP contribution in [0.2, 0.25) is 5.54 Å². The monoisotopic (exact) mass is 398 g/mol. The third-order valence-electron chi connectivity index (χ3n) is 4.35. The Hall–Kier alpha value is 0.367. The van der Waals surface area contributed by atoms with E-state index in [2.05, 4.69) is 34.0 Å². The highest BCUT2D eigenvalue weighted by atomic mass is 32.2. The molecule has 25 heavy (non-hydrogen) atoms. The standard InChI is InChI=1S/C11H24O2S.C7H18O3Si/c1-4-11(2)6-5-7-12-10-13-8-9-14-3;1-6-7(2)11(8-3,9-4)10-5/h11H,4-10H2,1-3H3;7H,6H2,1-5H3. The van der Waals surface area contributed by atoms with Gasteiger partial charge >= 0.3 is 8.80 Å². The Morgan fingerprint density at radius 3 is 1.84 bits per heavy atom. The van der Waals surface area contributed by atoms with Crippen molar-refractivity contribution < 1.29 is 22.8 Å². The van der Waals surface area contributed by atoms with Crippen LogP contribution in [0.25, 0.3) is 0 Å². The first-order valence-corrected chi connectivity index (χ1v) is 12.5. The first-order chi connectivity index (χ1) is 12.0. The van der Waals surface area contributed by atoms with Crippen molar-refractivity contribution in [3.05, 3.63) is 0 Å². The quantitative estimate of drug-likeness (QED) is 0.224. The molecule has 0 amide bonds. The highest BCUT2D eigenvalue weighted by Gasteiger charge is 2.43. The molecule has 0 fully saturated rings. The Morgan fingerprint density at radius 2 is 1.44 bits per heavy atom. The summed E-state index contributed by atoms with van der Waals surface area (Å²) in [6, 6.07) is 0. The van der Waals surface area contributed by atoms with E-state index in [0.717, 1.165) is 37.7 Å². The zero-order valence-corrected chi connectivity index (χ0v) is 19.6. The molecule has 0 aliphatic heterocycles. The lowest BCUT2D eigenvalue weighted by atomic mass is 10.0. The van der Waals surface area contributed by atoms with Gasteiger partial charge < -0.3 is 22.8 Å². The van der Waals surface area contributed by atoms with Gasteiger partial charge in [0.15, 0.2) is 0 Å². The number of rotatable bonds is 15. The number of thioether (sulfide) groups is 1. The summed E-state index contributed by atoms with van der Waals surface area (Å²) in [6.07, 6.45) is 6.78. The Morgan fingerprint density at radius 1 is 0.880 bits per heavy atom. The molecule has 0 saturated carbocycles. The van der Waals surface area contributed by atoms with Crippen LogP contribution in [0.3, 0.4) is 0 Å². The van der Waals surface area contributed by atoms with E-state index in [1.54, 1.807) is 33.1 Å². The van der Waals surface area contributed by atoms with E-state index in [9.17, 15) is 0 Å². The van der Waals surface area contributed by atoms with Crippen molar-refractivity contribution in [2.75, 3.05) is 53.3 Å². The van der Waals surface area contributed by atoms with Crippen LogP contribution in [0, 0.1) is 5.92 Å². The third-order valence-corrected chi connectivity index (χ3v) is 8.25. The fourth-order valence-electron chi connectivity index (χ4n) is 2.16. The maximum atomic E-state index is 5.34. The molecule has 0 aromatic rings. The lowest BCUT2D eigenvalue weighted by molar-refractivity contribution is -0.0497. The van der Waals surface area contributed by atoms with E-state index in [1.807, 2.05) is 0 Å². The minimum atomic E-state index is -2.32. The van der Waals surface area contributed by atoms with E-state index in [1.165, 1.54) is 12.8 Å². The smallest absolute Gasteiger partial charge is 0.377 e. The van der Waals surface area contributed by atoms with Gasteiger partial charge in [0.05, 0.1) is 6.61 Å². The fourth-order valence-corrected chi connectivity index (χ4v) is 4.65. The molecule has 0 rings (SSSR count). The Kier molecular flexibility index (Phi) is 21.1. The number of ether oxygens (including phenoxy) is 2. The second kappa shape index (κ2) is 19.1. The summed E-state index contributed by atoms with van der Waals surface area (Å²) in [6.45, 7) is 10.8. The summed E-state index contributed by atoms with van der Waals surface area (Å²) in [5.74, 6) is 1.88. The van der Waals surface area contributed by atoms with Crippen molar-refractivity contribution in [3.8, 4) is 0 Å². The van der Waals surface area contributed by atoms with Gasteiger partial charge in [-0.3, -0.25) is 0 Å². The van der Waals surface area contributed by atoms with Gasteiger partial charge in [-0.2, -0.15) is 11.8 Å². The first kappa shape index (κ1) is 27.6. The highest BCUT2D eigenvalue weighted by molar-refractivity contribution is 7.98. The summed E-state index contributed by atoms with van der Waals surface area (Å²) < 4.78 is 26.5. The summed E-state index contributed by atoms with van der Waals surface area (Å²) in [4.78, 5) is 0. The molecular formula is C18H42O5SSi. The summed E-state index contributed by atoms with van der Waals surface area (Å²) in [7, 11) is 2.61. The predicted octanol–water partition coefficient (Wildman–Crippen LogP) is 4.83. The molecule has 2 unspecified atom stereocenters. The molecule has 0 radical (unpaired) electrons. The zero-order chi connectivity index (χ0) is 19.6. The molecule has 0 heterocycles. The number of hydrogen-bond acceptors (Lipinski definition) is 6. The highest BCUT2D eigenvalue weighted by Crippen LogP contribution is 2.25. The van der Waals surface area contributed by atoms with Gasteiger partial charge in [0, 0.05) is 39.2 Å². The summed E-state index contributed by atoms with van der Waals surface area (Å²) in [5.41, 5.74) is 0.363. The van der Waals surface area contributed by atoms with Crippen LogP contribution in [0.4, 0.5) is 0 Å². The molecule has 0 spiro atoms. The molecule has 5 nitrogen and oxygen atoms in total. The topological polar surface area (TPSA) is 46.2 Å².